The Kier molecular flexibility index (Phi) is 5.00. The molecule has 0 aromatic rings. The van der Waals surface area contributed by atoms with Gasteiger partial charge in [-0.3, -0.25) is 4.55 Å². The minimum absolute atomic E-state index is 0. The van der Waals surface area contributed by atoms with Crippen molar-refractivity contribution in [2.24, 2.45) is 0 Å². The van der Waals surface area contributed by atoms with Crippen LogP contribution in [0.25, 0.3) is 0 Å². The molecule has 0 saturated carbocycles. The summed E-state index contributed by atoms with van der Waals surface area (Å²) in [6.07, 6.45) is 0. The third kappa shape index (κ3) is 89.0. The molecule has 0 aliphatic rings. The van der Waals surface area contributed by atoms with Crippen molar-refractivity contribution in [3.05, 3.63) is 0 Å². The molecule has 38 valence electrons. The zero-order chi connectivity index (χ0) is 4.50. The second-order valence-electron chi connectivity index (χ2n) is 0.412. The summed E-state index contributed by atoms with van der Waals surface area (Å²) in [5.74, 6) is 0. The predicted octanol–water partition coefficient (Wildman–Crippen LogP) is 0.182. The molecule has 0 atom stereocenters. The van der Waals surface area contributed by atoms with Crippen LogP contribution in [0.1, 0.15) is 0 Å². The molecule has 0 heterocycles. The van der Waals surface area contributed by atoms with Crippen molar-refractivity contribution >= 4 is 23.4 Å². The molecule has 0 unspecified atom stereocenters. The van der Waals surface area contributed by atoms with Crippen molar-refractivity contribution < 1.29 is 30.3 Å². The second-order valence-corrected chi connectivity index (χ2v) is 3.69. The maximum Gasteiger partial charge on any atom is 0.326 e. The third-order valence-corrected chi connectivity index (χ3v) is 0. The van der Waals surface area contributed by atoms with Crippen LogP contribution in [-0.2, 0) is 25.9 Å². The van der Waals surface area contributed by atoms with E-state index in [0.29, 0.717) is 0 Å². The van der Waals surface area contributed by atoms with E-state index in [0.717, 1.165) is 0 Å². The second kappa shape index (κ2) is 2.99. The van der Waals surface area contributed by atoms with Gasteiger partial charge in [-0.05, 0) is 0 Å². The molecule has 6 heteroatoms. The van der Waals surface area contributed by atoms with Gasteiger partial charge < -0.3 is 0 Å². The van der Waals surface area contributed by atoms with Gasteiger partial charge in [0.2, 0.25) is 0 Å². The molecule has 0 aliphatic heterocycles. The van der Waals surface area contributed by atoms with Crippen LogP contribution in [0.3, 0.4) is 0 Å². The van der Waals surface area contributed by atoms with Crippen molar-refractivity contribution in [2.75, 3.05) is 0 Å². The standard InChI is InChI=1S/BrHO3S.Cr/c1-5(2,3)4;/h(H,2,3,4);. The summed E-state index contributed by atoms with van der Waals surface area (Å²) in [7, 11) is -3.85. The van der Waals surface area contributed by atoms with Crippen LogP contribution in [0.5, 0.6) is 0 Å². The zero-order valence-electron chi connectivity index (χ0n) is 2.46. The van der Waals surface area contributed by atoms with Gasteiger partial charge >= 0.3 is 8.55 Å². The summed E-state index contributed by atoms with van der Waals surface area (Å²) in [6, 6.07) is 0. The summed E-state index contributed by atoms with van der Waals surface area (Å²) in [5.41, 5.74) is 0. The van der Waals surface area contributed by atoms with Gasteiger partial charge in [0.05, 0.1) is 14.8 Å². The van der Waals surface area contributed by atoms with Gasteiger partial charge in [0.15, 0.2) is 0 Å². The molecule has 0 radical (unpaired) electrons. The first-order chi connectivity index (χ1) is 2.00. The minimum atomic E-state index is -3.85. The molecule has 0 rings (SSSR count). The molecule has 0 aromatic heterocycles. The summed E-state index contributed by atoms with van der Waals surface area (Å²) < 4.78 is 25.6. The maximum atomic E-state index is 9.10. The largest absolute Gasteiger partial charge is 0.326 e. The average Bonchev–Trinajstić information content (AvgIpc) is 0.722. The van der Waals surface area contributed by atoms with Crippen LogP contribution < -0.4 is 0 Å². The fourth-order valence-electron chi connectivity index (χ4n) is 0. The Morgan fingerprint density at radius 2 is 1.50 bits per heavy atom. The average molecular weight is 213 g/mol. The van der Waals surface area contributed by atoms with E-state index < -0.39 is 8.55 Å². The third-order valence-electron chi connectivity index (χ3n) is 0. The van der Waals surface area contributed by atoms with E-state index in [1.807, 2.05) is 14.8 Å². The van der Waals surface area contributed by atoms with E-state index in [1.165, 1.54) is 0 Å². The molecule has 0 fully saturated rings. The monoisotopic (exact) mass is 212 g/mol. The zero-order valence-corrected chi connectivity index (χ0v) is 6.14. The molecular formula is HBrCrO3S. The van der Waals surface area contributed by atoms with E-state index in [9.17, 15) is 0 Å². The van der Waals surface area contributed by atoms with Crippen molar-refractivity contribution in [1.29, 1.82) is 0 Å². The van der Waals surface area contributed by atoms with E-state index in [1.54, 1.807) is 0 Å². The summed E-state index contributed by atoms with van der Waals surface area (Å²) in [5, 5.41) is 0. The van der Waals surface area contributed by atoms with Crippen LogP contribution in [-0.4, -0.2) is 13.0 Å². The molecule has 6 heavy (non-hydrogen) atoms. The number of halogens is 1. The first-order valence-electron chi connectivity index (χ1n) is 0.670. The van der Waals surface area contributed by atoms with E-state index in [4.69, 9.17) is 13.0 Å². The van der Waals surface area contributed by atoms with Crippen LogP contribution in [0, 0.1) is 0 Å². The molecule has 1 N–H and O–H groups in total. The summed E-state index contributed by atoms with van der Waals surface area (Å²) in [4.78, 5) is 0. The van der Waals surface area contributed by atoms with Gasteiger partial charge in [0.25, 0.3) is 0 Å². The molecule has 0 aliphatic carbocycles. The van der Waals surface area contributed by atoms with Crippen LogP contribution in [0.2, 0.25) is 0 Å². The minimum Gasteiger partial charge on any atom is -0.277 e. The Hall–Kier alpha value is 0.922. The quantitative estimate of drug-likeness (QED) is 0.461. The molecule has 3 nitrogen and oxygen atoms in total. The first-order valence-corrected chi connectivity index (χ1v) is 3.95. The number of hydrogen-bond donors (Lipinski definition) is 1. The Labute approximate surface area is 53.8 Å². The fourth-order valence-corrected chi connectivity index (χ4v) is 0. The van der Waals surface area contributed by atoms with Crippen LogP contribution >= 0.6 is 14.8 Å². The molecule has 0 aromatic carbocycles. The molecule has 0 amide bonds. The number of rotatable bonds is 0. The van der Waals surface area contributed by atoms with Gasteiger partial charge in [-0.1, -0.05) is 0 Å². The molecule has 0 spiro atoms. The maximum absolute atomic E-state index is 9.10. The van der Waals surface area contributed by atoms with Gasteiger partial charge in [-0.15, -0.1) is 0 Å². The van der Waals surface area contributed by atoms with Crippen molar-refractivity contribution in [3.8, 4) is 0 Å². The Bertz CT molecular complexity index is 94.0. The van der Waals surface area contributed by atoms with Crippen LogP contribution in [0.4, 0.5) is 0 Å². The van der Waals surface area contributed by atoms with Crippen LogP contribution in [0.15, 0.2) is 0 Å². The molecular weight excluding hydrogens is 212 g/mol. The first kappa shape index (κ1) is 10.0. The summed E-state index contributed by atoms with van der Waals surface area (Å²) >= 11 is 1.90. The van der Waals surface area contributed by atoms with Crippen molar-refractivity contribution in [2.45, 2.75) is 0 Å². The Morgan fingerprint density at radius 1 is 1.50 bits per heavy atom. The fraction of sp³-hybridized carbons (Fsp3) is 0. The van der Waals surface area contributed by atoms with E-state index >= 15 is 0 Å². The Morgan fingerprint density at radius 3 is 1.50 bits per heavy atom. The van der Waals surface area contributed by atoms with Crippen molar-refractivity contribution in [3.63, 3.8) is 0 Å². The van der Waals surface area contributed by atoms with Gasteiger partial charge in [-0.2, -0.15) is 8.42 Å². The van der Waals surface area contributed by atoms with Gasteiger partial charge in [-0.25, -0.2) is 0 Å². The SMILES string of the molecule is O=S(=O)(O)Br.[Cr]. The molecule has 0 bridgehead atoms. The normalized spacial score (nSPS) is 9.67. The smallest absolute Gasteiger partial charge is 0.277 e. The van der Waals surface area contributed by atoms with Gasteiger partial charge in [0, 0.05) is 17.4 Å². The summed E-state index contributed by atoms with van der Waals surface area (Å²) in [6.45, 7) is 0. The van der Waals surface area contributed by atoms with Gasteiger partial charge in [0.1, 0.15) is 0 Å². The number of hydrogen-bond acceptors (Lipinski definition) is 2. The Balaban J connectivity index is 0. The van der Waals surface area contributed by atoms with E-state index in [2.05, 4.69) is 0 Å². The topological polar surface area (TPSA) is 54.4 Å². The van der Waals surface area contributed by atoms with E-state index in [-0.39, 0.29) is 17.4 Å². The van der Waals surface area contributed by atoms with Crippen molar-refractivity contribution in [1.82, 2.24) is 0 Å². The predicted molar refractivity (Wildman–Crippen MR) is 20.5 cm³/mol. The molecule has 0 saturated heterocycles.